The topological polar surface area (TPSA) is 32.3 Å². The lowest BCUT2D eigenvalue weighted by atomic mass is 10.0. The van der Waals surface area contributed by atoms with Gasteiger partial charge in [0.1, 0.15) is 0 Å². The molecule has 0 spiro atoms. The molecule has 16 heavy (non-hydrogen) atoms. The maximum Gasteiger partial charge on any atom is 0.0649 e. The van der Waals surface area contributed by atoms with Gasteiger partial charge in [0.15, 0.2) is 0 Å². The van der Waals surface area contributed by atoms with Crippen LogP contribution in [0.15, 0.2) is 15.7 Å². The first-order valence-electron chi connectivity index (χ1n) is 5.85. The third-order valence-corrected chi connectivity index (χ3v) is 5.40. The zero-order valence-corrected chi connectivity index (χ0v) is 11.4. The van der Waals surface area contributed by atoms with E-state index in [4.69, 9.17) is 0 Å². The molecule has 0 radical (unpaired) electrons. The summed E-state index contributed by atoms with van der Waals surface area (Å²) in [7, 11) is 0. The average Bonchev–Trinajstić information content (AvgIpc) is 2.73. The van der Waals surface area contributed by atoms with Crippen LogP contribution in [0.5, 0.6) is 0 Å². The molecule has 2 N–H and O–H groups in total. The highest BCUT2D eigenvalue weighted by molar-refractivity contribution is 8.01. The van der Waals surface area contributed by atoms with Gasteiger partial charge in [-0.2, -0.15) is 0 Å². The summed E-state index contributed by atoms with van der Waals surface area (Å²) < 4.78 is 1.45. The van der Waals surface area contributed by atoms with E-state index in [1.54, 1.807) is 0 Å². The van der Waals surface area contributed by atoms with E-state index in [0.29, 0.717) is 11.3 Å². The Morgan fingerprint density at radius 1 is 1.62 bits per heavy atom. The summed E-state index contributed by atoms with van der Waals surface area (Å²) in [4.78, 5) is 0. The maximum atomic E-state index is 9.26. The second-order valence-corrected chi connectivity index (χ2v) is 6.96. The van der Waals surface area contributed by atoms with Crippen LogP contribution in [-0.4, -0.2) is 23.0 Å². The third-order valence-electron chi connectivity index (χ3n) is 3.06. The average molecular weight is 257 g/mol. The van der Waals surface area contributed by atoms with Gasteiger partial charge in [-0.05, 0) is 29.9 Å². The van der Waals surface area contributed by atoms with E-state index in [0.717, 1.165) is 12.8 Å². The minimum Gasteiger partial charge on any atom is -0.395 e. The number of rotatable bonds is 4. The molecule has 1 unspecified atom stereocenters. The second kappa shape index (κ2) is 5.54. The quantitative estimate of drug-likeness (QED) is 0.869. The van der Waals surface area contributed by atoms with Crippen molar-refractivity contribution in [2.45, 2.75) is 48.2 Å². The molecule has 0 aromatic carbocycles. The van der Waals surface area contributed by atoms with Crippen LogP contribution in [0, 0.1) is 0 Å². The molecule has 2 heterocycles. The number of hydrogen-bond acceptors (Lipinski definition) is 4. The molecule has 2 nitrogen and oxygen atoms in total. The summed E-state index contributed by atoms with van der Waals surface area (Å²) in [5, 5.41) is 15.7. The van der Waals surface area contributed by atoms with E-state index in [9.17, 15) is 5.11 Å². The van der Waals surface area contributed by atoms with Crippen LogP contribution < -0.4 is 5.32 Å². The van der Waals surface area contributed by atoms with Crippen LogP contribution in [0.25, 0.3) is 0 Å². The Balaban J connectivity index is 2.11. The molecular formula is C12H19NOS2. The monoisotopic (exact) mass is 257 g/mol. The fraction of sp³-hybridized carbons (Fsp3) is 0.667. The number of aliphatic hydroxyl groups excluding tert-OH is 1. The van der Waals surface area contributed by atoms with E-state index in [1.807, 2.05) is 23.1 Å². The summed E-state index contributed by atoms with van der Waals surface area (Å²) in [6.07, 6.45) is 2.14. The summed E-state index contributed by atoms with van der Waals surface area (Å²) in [6.45, 7) is 4.62. The van der Waals surface area contributed by atoms with Gasteiger partial charge in [-0.25, -0.2) is 0 Å². The van der Waals surface area contributed by atoms with Gasteiger partial charge in [0.05, 0.1) is 10.8 Å². The molecule has 3 atom stereocenters. The molecule has 1 aliphatic heterocycles. The van der Waals surface area contributed by atoms with E-state index < -0.39 is 0 Å². The number of thioether (sulfide) groups is 1. The molecule has 1 aromatic heterocycles. The van der Waals surface area contributed by atoms with Crippen LogP contribution in [-0.2, 0) is 0 Å². The van der Waals surface area contributed by atoms with E-state index in [2.05, 4.69) is 30.6 Å². The predicted octanol–water partition coefficient (Wildman–Crippen LogP) is 3.03. The number of thiophene rings is 1. The van der Waals surface area contributed by atoms with Crippen LogP contribution in [0.2, 0.25) is 0 Å². The highest BCUT2D eigenvalue weighted by Gasteiger charge is 2.27. The van der Waals surface area contributed by atoms with Gasteiger partial charge < -0.3 is 10.4 Å². The maximum absolute atomic E-state index is 9.26. The van der Waals surface area contributed by atoms with E-state index in [1.165, 1.54) is 9.77 Å². The Morgan fingerprint density at radius 2 is 2.44 bits per heavy atom. The van der Waals surface area contributed by atoms with Gasteiger partial charge in [0.2, 0.25) is 0 Å². The summed E-state index contributed by atoms with van der Waals surface area (Å²) in [6, 6.07) is 2.88. The molecule has 0 saturated heterocycles. The molecule has 0 bridgehead atoms. The van der Waals surface area contributed by atoms with Gasteiger partial charge in [-0.15, -0.1) is 23.1 Å². The molecule has 0 aliphatic carbocycles. The number of nitrogens with one attached hydrogen (secondary N) is 1. The van der Waals surface area contributed by atoms with Crippen LogP contribution in [0.3, 0.4) is 0 Å². The van der Waals surface area contributed by atoms with Gasteiger partial charge in [0, 0.05) is 17.3 Å². The van der Waals surface area contributed by atoms with Crippen molar-refractivity contribution in [3.8, 4) is 0 Å². The lowest BCUT2D eigenvalue weighted by Crippen LogP contribution is -2.37. The van der Waals surface area contributed by atoms with Crippen molar-refractivity contribution in [2.75, 3.05) is 6.61 Å². The lowest BCUT2D eigenvalue weighted by Gasteiger charge is -2.30. The summed E-state index contributed by atoms with van der Waals surface area (Å²) >= 11 is 3.82. The Bertz CT molecular complexity index is 336. The fourth-order valence-corrected chi connectivity index (χ4v) is 4.66. The fourth-order valence-electron chi connectivity index (χ4n) is 2.09. The van der Waals surface area contributed by atoms with Crippen LogP contribution >= 0.6 is 23.1 Å². The van der Waals surface area contributed by atoms with Crippen molar-refractivity contribution in [1.29, 1.82) is 0 Å². The second-order valence-electron chi connectivity index (χ2n) is 4.33. The van der Waals surface area contributed by atoms with Gasteiger partial charge >= 0.3 is 0 Å². The van der Waals surface area contributed by atoms with Gasteiger partial charge in [0.25, 0.3) is 0 Å². The van der Waals surface area contributed by atoms with Crippen molar-refractivity contribution in [3.63, 3.8) is 0 Å². The normalized spacial score (nSPS) is 26.4. The Kier molecular flexibility index (Phi) is 4.30. The summed E-state index contributed by atoms with van der Waals surface area (Å²) in [5.41, 5.74) is 1.43. The zero-order valence-electron chi connectivity index (χ0n) is 9.77. The predicted molar refractivity (Wildman–Crippen MR) is 71.3 cm³/mol. The standard InChI is InChI=1S/C12H19NOS2/c1-3-9(7-14)13-11-6-8(2)16-12-10(11)4-5-15-12/h4-5,8-9,11,13-14H,3,6-7H2,1-2H3/t8-,9-,11?/m0/s1. The van der Waals surface area contributed by atoms with Crippen LogP contribution in [0.1, 0.15) is 38.3 Å². The number of hydrogen-bond donors (Lipinski definition) is 2. The zero-order chi connectivity index (χ0) is 11.5. The molecule has 1 aliphatic rings. The molecule has 1 aromatic rings. The van der Waals surface area contributed by atoms with Crippen molar-refractivity contribution in [3.05, 3.63) is 17.0 Å². The smallest absolute Gasteiger partial charge is 0.0649 e. The SMILES string of the molecule is CC[C@@H](CO)NC1C[C@H](C)Sc2sccc21. The Morgan fingerprint density at radius 3 is 3.12 bits per heavy atom. The van der Waals surface area contributed by atoms with Crippen molar-refractivity contribution in [1.82, 2.24) is 5.32 Å². The Hall–Kier alpha value is -0.0300. The first-order valence-corrected chi connectivity index (χ1v) is 7.61. The number of fused-ring (bicyclic) bond motifs is 1. The molecular weight excluding hydrogens is 238 g/mol. The van der Waals surface area contributed by atoms with Gasteiger partial charge in [-0.3, -0.25) is 0 Å². The van der Waals surface area contributed by atoms with Crippen LogP contribution in [0.4, 0.5) is 0 Å². The number of aliphatic hydroxyl groups is 1. The highest BCUT2D eigenvalue weighted by Crippen LogP contribution is 2.43. The molecule has 0 saturated carbocycles. The van der Waals surface area contributed by atoms with E-state index >= 15 is 0 Å². The molecule has 90 valence electrons. The largest absolute Gasteiger partial charge is 0.395 e. The minimum atomic E-state index is 0.230. The first kappa shape index (κ1) is 12.4. The van der Waals surface area contributed by atoms with Crippen molar-refractivity contribution >= 4 is 23.1 Å². The Labute approximate surface area is 105 Å². The lowest BCUT2D eigenvalue weighted by molar-refractivity contribution is 0.224. The third kappa shape index (κ3) is 2.62. The van der Waals surface area contributed by atoms with Crippen molar-refractivity contribution in [2.24, 2.45) is 0 Å². The molecule has 0 fully saturated rings. The highest BCUT2D eigenvalue weighted by atomic mass is 32.2. The molecule has 0 amide bonds. The van der Waals surface area contributed by atoms with E-state index in [-0.39, 0.29) is 12.6 Å². The molecule has 4 heteroatoms. The first-order chi connectivity index (χ1) is 7.74. The van der Waals surface area contributed by atoms with Gasteiger partial charge in [-0.1, -0.05) is 13.8 Å². The summed E-state index contributed by atoms with van der Waals surface area (Å²) in [5.74, 6) is 0. The molecule has 2 rings (SSSR count). The van der Waals surface area contributed by atoms with Crippen molar-refractivity contribution < 1.29 is 5.11 Å². The minimum absolute atomic E-state index is 0.230.